The number of nitrogens with zero attached hydrogens (tertiary/aromatic N) is 3. The van der Waals surface area contributed by atoms with Gasteiger partial charge in [0, 0.05) is 55.8 Å². The number of piperidine rings is 2. The second-order valence-electron chi connectivity index (χ2n) is 9.38. The van der Waals surface area contributed by atoms with Crippen molar-refractivity contribution in [2.24, 2.45) is 5.41 Å². The number of hydrogen-bond acceptors (Lipinski definition) is 5. The van der Waals surface area contributed by atoms with Gasteiger partial charge < -0.3 is 10.2 Å². The Labute approximate surface area is 192 Å². The zero-order valence-corrected chi connectivity index (χ0v) is 19.4. The summed E-state index contributed by atoms with van der Waals surface area (Å²) < 4.78 is 28.8. The van der Waals surface area contributed by atoms with E-state index < -0.39 is 5.92 Å². The molecule has 0 radical (unpaired) electrons. The lowest BCUT2D eigenvalue weighted by Gasteiger charge is -2.38. The predicted molar refractivity (Wildman–Crippen MR) is 125 cm³/mol. The number of hydrogen-bond donors (Lipinski definition) is 1. The highest BCUT2D eigenvalue weighted by Crippen LogP contribution is 2.35. The van der Waals surface area contributed by atoms with Gasteiger partial charge >= 0.3 is 0 Å². The summed E-state index contributed by atoms with van der Waals surface area (Å²) in [6, 6.07) is 11.1. The molecule has 2 aliphatic rings. The second kappa shape index (κ2) is 9.35. The minimum atomic E-state index is -2.56. The van der Waals surface area contributed by atoms with Crippen LogP contribution < -0.4 is 10.2 Å². The minimum Gasteiger partial charge on any atom is -0.356 e. The van der Waals surface area contributed by atoms with Crippen molar-refractivity contribution in [1.82, 2.24) is 9.29 Å². The van der Waals surface area contributed by atoms with Gasteiger partial charge in [-0.05, 0) is 60.5 Å². The average molecular weight is 461 g/mol. The Morgan fingerprint density at radius 2 is 1.75 bits per heavy atom. The first-order valence-electron chi connectivity index (χ1n) is 11.1. The molecule has 5 nitrogen and oxygen atoms in total. The number of benzene rings is 1. The van der Waals surface area contributed by atoms with E-state index in [1.807, 2.05) is 34.6 Å². The topological polar surface area (TPSA) is 48.5 Å². The lowest BCUT2D eigenvalue weighted by molar-refractivity contribution is -0.0399. The quantitative estimate of drug-likeness (QED) is 0.580. The molecule has 1 aromatic carbocycles. The third-order valence-electron chi connectivity index (χ3n) is 6.23. The van der Waals surface area contributed by atoms with Gasteiger partial charge in [-0.3, -0.25) is 4.79 Å². The summed E-state index contributed by atoms with van der Waals surface area (Å²) in [7, 11) is 0. The first-order valence-corrected chi connectivity index (χ1v) is 11.9. The van der Waals surface area contributed by atoms with Crippen LogP contribution in [0.3, 0.4) is 0 Å². The van der Waals surface area contributed by atoms with Crippen LogP contribution in [0.25, 0.3) is 0 Å². The van der Waals surface area contributed by atoms with Crippen LogP contribution in [-0.4, -0.2) is 47.3 Å². The third kappa shape index (κ3) is 5.78. The van der Waals surface area contributed by atoms with Crippen LogP contribution >= 0.6 is 11.9 Å². The number of rotatable bonds is 5. The molecule has 3 heterocycles. The molecule has 8 heteroatoms. The van der Waals surface area contributed by atoms with E-state index >= 15 is 0 Å². The molecule has 2 fully saturated rings. The summed E-state index contributed by atoms with van der Waals surface area (Å²) in [6.07, 6.45) is 3.62. The van der Waals surface area contributed by atoms with E-state index in [-0.39, 0.29) is 18.7 Å². The van der Waals surface area contributed by atoms with E-state index in [9.17, 15) is 13.6 Å². The SMILES string of the molecule is CC1(C)CCN(c2ncccc2C(=O)Nc2cccc(SN3CCC(F)(F)CC3)c2)CC1. The van der Waals surface area contributed by atoms with E-state index in [4.69, 9.17) is 0 Å². The van der Waals surface area contributed by atoms with Crippen molar-refractivity contribution in [3.63, 3.8) is 0 Å². The Bertz CT molecular complexity index is 949. The molecule has 0 spiro atoms. The summed E-state index contributed by atoms with van der Waals surface area (Å²) in [4.78, 5) is 20.7. The highest BCUT2D eigenvalue weighted by atomic mass is 32.2. The maximum Gasteiger partial charge on any atom is 0.259 e. The van der Waals surface area contributed by atoms with Crippen LogP contribution in [0, 0.1) is 5.41 Å². The number of amides is 1. The molecule has 0 saturated carbocycles. The molecule has 32 heavy (non-hydrogen) atoms. The van der Waals surface area contributed by atoms with Gasteiger partial charge in [-0.25, -0.2) is 18.1 Å². The van der Waals surface area contributed by atoms with E-state index in [0.717, 1.165) is 36.6 Å². The predicted octanol–water partition coefficient (Wildman–Crippen LogP) is 5.70. The lowest BCUT2D eigenvalue weighted by atomic mass is 9.82. The molecule has 2 saturated heterocycles. The average Bonchev–Trinajstić information content (AvgIpc) is 2.76. The van der Waals surface area contributed by atoms with Crippen LogP contribution in [0.2, 0.25) is 0 Å². The van der Waals surface area contributed by atoms with E-state index in [2.05, 4.69) is 29.0 Å². The normalized spacial score (nSPS) is 20.7. The van der Waals surface area contributed by atoms with Crippen molar-refractivity contribution >= 4 is 29.4 Å². The molecule has 1 amide bonds. The number of halogens is 2. The van der Waals surface area contributed by atoms with Crippen molar-refractivity contribution in [2.75, 3.05) is 36.4 Å². The minimum absolute atomic E-state index is 0.117. The fourth-order valence-electron chi connectivity index (χ4n) is 4.03. The van der Waals surface area contributed by atoms with Crippen LogP contribution in [-0.2, 0) is 0 Å². The largest absolute Gasteiger partial charge is 0.356 e. The summed E-state index contributed by atoms with van der Waals surface area (Å²) in [5.74, 6) is -2.03. The van der Waals surface area contributed by atoms with Gasteiger partial charge in [-0.15, -0.1) is 0 Å². The van der Waals surface area contributed by atoms with Gasteiger partial charge in [-0.2, -0.15) is 0 Å². The number of aromatic nitrogens is 1. The van der Waals surface area contributed by atoms with Crippen molar-refractivity contribution < 1.29 is 13.6 Å². The fourth-order valence-corrected chi connectivity index (χ4v) is 5.02. The zero-order chi connectivity index (χ0) is 22.8. The first-order chi connectivity index (χ1) is 15.2. The molecule has 0 atom stereocenters. The Morgan fingerprint density at radius 3 is 2.47 bits per heavy atom. The van der Waals surface area contributed by atoms with Gasteiger partial charge in [0.2, 0.25) is 0 Å². The molecule has 2 aromatic rings. The Hall–Kier alpha value is -2.19. The standard InChI is InChI=1S/C24H30F2N4OS/c1-23(2)8-13-29(14-9-23)21-20(7-4-12-27-21)22(31)28-18-5-3-6-19(17-18)32-30-15-10-24(25,26)11-16-30/h3-7,12,17H,8-11,13-16H2,1-2H3,(H,28,31). The van der Waals surface area contributed by atoms with Crippen LogP contribution in [0.15, 0.2) is 47.5 Å². The van der Waals surface area contributed by atoms with Gasteiger partial charge in [0.1, 0.15) is 5.82 Å². The van der Waals surface area contributed by atoms with Crippen LogP contribution in [0.1, 0.15) is 49.9 Å². The number of carbonyl (C=O) groups is 1. The van der Waals surface area contributed by atoms with E-state index in [1.165, 1.54) is 11.9 Å². The van der Waals surface area contributed by atoms with Gasteiger partial charge in [-0.1, -0.05) is 19.9 Å². The monoisotopic (exact) mass is 460 g/mol. The Morgan fingerprint density at radius 1 is 1.03 bits per heavy atom. The van der Waals surface area contributed by atoms with E-state index in [1.54, 1.807) is 12.3 Å². The number of carbonyl (C=O) groups excluding carboxylic acids is 1. The molecular formula is C24H30F2N4OS. The summed E-state index contributed by atoms with van der Waals surface area (Å²) >= 11 is 1.46. The van der Waals surface area contributed by atoms with Crippen LogP contribution in [0.4, 0.5) is 20.3 Å². The highest BCUT2D eigenvalue weighted by molar-refractivity contribution is 7.97. The van der Waals surface area contributed by atoms with Gasteiger partial charge in [0.05, 0.1) is 5.56 Å². The molecule has 1 N–H and O–H groups in total. The maximum absolute atomic E-state index is 13.4. The number of alkyl halides is 2. The molecule has 172 valence electrons. The Balaban J connectivity index is 1.42. The lowest BCUT2D eigenvalue weighted by Crippen LogP contribution is -2.38. The number of anilines is 2. The fraction of sp³-hybridized carbons (Fsp3) is 0.500. The molecular weight excluding hydrogens is 430 g/mol. The number of pyridine rings is 1. The zero-order valence-electron chi connectivity index (χ0n) is 18.6. The molecule has 0 bridgehead atoms. The second-order valence-corrected chi connectivity index (χ2v) is 10.6. The van der Waals surface area contributed by atoms with Crippen molar-refractivity contribution in [1.29, 1.82) is 0 Å². The highest BCUT2D eigenvalue weighted by Gasteiger charge is 2.34. The molecule has 2 aliphatic heterocycles. The third-order valence-corrected chi connectivity index (χ3v) is 7.32. The summed E-state index contributed by atoms with van der Waals surface area (Å²) in [6.45, 7) is 7.00. The van der Waals surface area contributed by atoms with E-state index in [0.29, 0.717) is 29.8 Å². The smallest absolute Gasteiger partial charge is 0.259 e. The van der Waals surface area contributed by atoms with Crippen molar-refractivity contribution in [3.8, 4) is 0 Å². The number of nitrogens with one attached hydrogen (secondary N) is 1. The van der Waals surface area contributed by atoms with Crippen molar-refractivity contribution in [2.45, 2.75) is 50.3 Å². The first kappa shape index (κ1) is 23.0. The van der Waals surface area contributed by atoms with Crippen LogP contribution in [0.5, 0.6) is 0 Å². The molecule has 0 unspecified atom stereocenters. The Kier molecular flexibility index (Phi) is 6.72. The molecule has 4 rings (SSSR count). The molecule has 0 aliphatic carbocycles. The summed E-state index contributed by atoms with van der Waals surface area (Å²) in [5, 5.41) is 2.99. The van der Waals surface area contributed by atoms with Gasteiger partial charge in [0.25, 0.3) is 11.8 Å². The summed E-state index contributed by atoms with van der Waals surface area (Å²) in [5.41, 5.74) is 1.55. The maximum atomic E-state index is 13.4. The van der Waals surface area contributed by atoms with Crippen molar-refractivity contribution in [3.05, 3.63) is 48.2 Å². The van der Waals surface area contributed by atoms with Gasteiger partial charge in [0.15, 0.2) is 0 Å². The molecule has 1 aromatic heterocycles.